The van der Waals surface area contributed by atoms with Crippen LogP contribution in [0, 0.1) is 5.92 Å². The largest absolute Gasteiger partial charge is 0.394 e. The molecule has 1 aliphatic heterocycles. The third-order valence-electron chi connectivity index (χ3n) is 9.47. The van der Waals surface area contributed by atoms with Crippen molar-refractivity contribution >= 4 is 65.8 Å². The summed E-state index contributed by atoms with van der Waals surface area (Å²) in [6.07, 6.45) is 1.20. The summed E-state index contributed by atoms with van der Waals surface area (Å²) >= 11 is 0. The van der Waals surface area contributed by atoms with Crippen LogP contribution in [-0.4, -0.2) is 207 Å². The Morgan fingerprint density at radius 1 is 0.667 bits per heavy atom. The van der Waals surface area contributed by atoms with Gasteiger partial charge in [0.15, 0.2) is 0 Å². The van der Waals surface area contributed by atoms with Gasteiger partial charge in [-0.15, -0.1) is 0 Å². The molecule has 7 N–H and O–H groups in total. The van der Waals surface area contributed by atoms with E-state index in [9.17, 15) is 68.1 Å². The molecule has 1 unspecified atom stereocenters. The molecule has 1 aliphatic rings. The fourth-order valence-corrected chi connectivity index (χ4v) is 5.60. The van der Waals surface area contributed by atoms with Gasteiger partial charge in [-0.05, 0) is 40.0 Å². The Balaban J connectivity index is 3.88. The highest BCUT2D eigenvalue weighted by atomic mass is 16.3. The van der Waals surface area contributed by atoms with Crippen LogP contribution in [0.3, 0.4) is 0 Å². The number of carbonyl (C=O) groups is 11. The average Bonchev–Trinajstić information content (AvgIpc) is 3.18. The van der Waals surface area contributed by atoms with Crippen LogP contribution in [0.2, 0.25) is 0 Å². The second-order valence-electron chi connectivity index (χ2n) is 14.8. The van der Waals surface area contributed by atoms with E-state index in [2.05, 4.69) is 5.32 Å². The molecular weight excluding hydrogens is 798 g/mol. The first-order chi connectivity index (χ1) is 27.5. The second kappa shape index (κ2) is 21.7. The van der Waals surface area contributed by atoms with Crippen molar-refractivity contribution in [3.05, 3.63) is 12.2 Å². The minimum absolute atomic E-state index is 0.170. The zero-order valence-electron chi connectivity index (χ0n) is 35.7. The van der Waals surface area contributed by atoms with Gasteiger partial charge in [0.2, 0.25) is 5.91 Å². The van der Waals surface area contributed by atoms with Crippen LogP contribution < -0.4 is 21.3 Å². The van der Waals surface area contributed by atoms with Crippen LogP contribution in [0.5, 0.6) is 0 Å². The first-order valence-electron chi connectivity index (χ1n) is 18.3. The minimum Gasteiger partial charge on any atom is -0.394 e. The maximum absolute atomic E-state index is 13.8. The molecule has 1 saturated heterocycles. The minimum atomic E-state index is -1.93. The van der Waals surface area contributed by atoms with E-state index in [1.165, 1.54) is 20.8 Å². The van der Waals surface area contributed by atoms with Gasteiger partial charge in [0, 0.05) is 55.8 Å². The van der Waals surface area contributed by atoms with Gasteiger partial charge in [0.1, 0.15) is 24.2 Å². The first kappa shape index (κ1) is 51.8. The zero-order chi connectivity index (χ0) is 46.7. The molecule has 0 bridgehead atoms. The van der Waals surface area contributed by atoms with Crippen molar-refractivity contribution in [1.29, 1.82) is 0 Å². The van der Waals surface area contributed by atoms with E-state index in [4.69, 9.17) is 0 Å². The number of nitrogens with one attached hydrogen (secondary N) is 4. The van der Waals surface area contributed by atoms with E-state index >= 15 is 0 Å². The lowest BCUT2D eigenvalue weighted by Crippen LogP contribution is -2.63. The number of likely N-dealkylation sites (N-methyl/N-ethyl adjacent to an activating group) is 4. The molecule has 0 saturated carbocycles. The zero-order valence-corrected chi connectivity index (χ0v) is 35.7. The van der Waals surface area contributed by atoms with Gasteiger partial charge in [-0.3, -0.25) is 40.0 Å². The molecule has 25 heteroatoms. The molecule has 0 radical (unpaired) electrons. The molecular formula is C35H57N11O14. The molecule has 6 atom stereocenters. The summed E-state index contributed by atoms with van der Waals surface area (Å²) in [7, 11) is 6.63. The quantitative estimate of drug-likeness (QED) is 0.143. The Morgan fingerprint density at radius 2 is 1.17 bits per heavy atom. The highest BCUT2D eigenvalue weighted by Crippen LogP contribution is 2.20. The third-order valence-corrected chi connectivity index (χ3v) is 9.47. The number of aliphatic hydroxyl groups excluding tert-OH is 2. The molecule has 0 spiro atoms. The smallest absolute Gasteiger partial charge is 0.335 e. The van der Waals surface area contributed by atoms with E-state index in [-0.39, 0.29) is 11.3 Å². The summed E-state index contributed by atoms with van der Waals surface area (Å²) in [5.41, 5.74) is -1.70. The molecule has 1 rings (SSSR count). The summed E-state index contributed by atoms with van der Waals surface area (Å²) in [6.45, 7) is 5.74. The van der Waals surface area contributed by atoms with Gasteiger partial charge in [0.05, 0.1) is 18.3 Å². The normalized spacial score (nSPS) is 23.9. The topological polar surface area (TPSA) is 319 Å². The number of amides is 18. The lowest BCUT2D eigenvalue weighted by atomic mass is 9.93. The molecule has 1 heterocycles. The van der Waals surface area contributed by atoms with Gasteiger partial charge < -0.3 is 35.3 Å². The molecule has 0 aliphatic carbocycles. The van der Waals surface area contributed by atoms with Gasteiger partial charge in [-0.25, -0.2) is 48.3 Å². The van der Waals surface area contributed by atoms with Crippen LogP contribution in [0.4, 0.5) is 33.6 Å². The van der Waals surface area contributed by atoms with Crippen molar-refractivity contribution in [2.24, 2.45) is 5.92 Å². The molecule has 0 aromatic rings. The van der Waals surface area contributed by atoms with Crippen LogP contribution in [-0.2, 0) is 19.2 Å². The lowest BCUT2D eigenvalue weighted by Gasteiger charge is -2.37. The van der Waals surface area contributed by atoms with Gasteiger partial charge >= 0.3 is 42.2 Å². The maximum Gasteiger partial charge on any atom is 0.335 e. The van der Waals surface area contributed by atoms with Crippen LogP contribution >= 0.6 is 0 Å². The van der Waals surface area contributed by atoms with Crippen molar-refractivity contribution < 1.29 is 68.1 Å². The Bertz CT molecular complexity index is 1730. The lowest BCUT2D eigenvalue weighted by molar-refractivity contribution is -0.144. The highest BCUT2D eigenvalue weighted by molar-refractivity contribution is 6.09. The number of allylic oxidation sites excluding steroid dienone is 2. The van der Waals surface area contributed by atoms with Crippen LogP contribution in [0.1, 0.15) is 47.5 Å². The predicted octanol–water partition coefficient (Wildman–Crippen LogP) is -1.56. The molecule has 60 heavy (non-hydrogen) atoms. The van der Waals surface area contributed by atoms with Crippen LogP contribution in [0.15, 0.2) is 12.2 Å². The van der Waals surface area contributed by atoms with Crippen LogP contribution in [0.25, 0.3) is 0 Å². The summed E-state index contributed by atoms with van der Waals surface area (Å²) in [4.78, 5) is 150. The van der Waals surface area contributed by atoms with Crippen molar-refractivity contribution in [1.82, 2.24) is 55.6 Å². The number of aliphatic hydroxyl groups is 3. The van der Waals surface area contributed by atoms with E-state index < -0.39 is 121 Å². The number of rotatable bonds is 7. The number of carbonyl (C=O) groups excluding carboxylic acids is 11. The average molecular weight is 856 g/mol. The van der Waals surface area contributed by atoms with Crippen molar-refractivity contribution in [3.8, 4) is 0 Å². The molecule has 1 fully saturated rings. The van der Waals surface area contributed by atoms with E-state index in [0.717, 1.165) is 56.3 Å². The fourth-order valence-electron chi connectivity index (χ4n) is 5.60. The second-order valence-corrected chi connectivity index (χ2v) is 14.8. The number of urea groups is 7. The Labute approximate surface area is 346 Å². The fraction of sp³-hybridized carbons (Fsp3) is 0.629. The Kier molecular flexibility index (Phi) is 18.7. The highest BCUT2D eigenvalue weighted by Gasteiger charge is 2.43. The van der Waals surface area contributed by atoms with Gasteiger partial charge in [0.25, 0.3) is 17.7 Å². The third kappa shape index (κ3) is 13.2. The molecule has 0 aromatic carbocycles. The van der Waals surface area contributed by atoms with Crippen molar-refractivity contribution in [3.63, 3.8) is 0 Å². The number of nitrogens with zero attached hydrogens (tertiary/aromatic N) is 7. The van der Waals surface area contributed by atoms with Crippen molar-refractivity contribution in [2.45, 2.75) is 83.3 Å². The monoisotopic (exact) mass is 855 g/mol. The van der Waals surface area contributed by atoms with E-state index in [1.54, 1.807) is 24.4 Å². The Morgan fingerprint density at radius 3 is 1.68 bits per heavy atom. The first-order valence-corrected chi connectivity index (χ1v) is 18.3. The standard InChI is InChI=1S/C35H57N11O14/c1-13-14-15-18(2)23(48)22-25(50)38-29(54)41(7)21(17-47)27(52)40(6)20(16-35(4,5)60)24(49)37-30(55)44(10)31(56)39-28(53)36-19(3)26(51)43(9)33(58)46(12)34(59)45(11)32(57)42(22)8/h13-14,18-23,47-48,60H,15-17H2,1-12H3,(H,37,49,55)(H,38,50,54)(H2,36,39,53,56)/b14-13+/t18-,19-,20+,21?,22+,23-/m1/s1. The van der Waals surface area contributed by atoms with Crippen molar-refractivity contribution in [2.75, 3.05) is 55.9 Å². The van der Waals surface area contributed by atoms with Gasteiger partial charge in [-0.2, -0.15) is 0 Å². The molecule has 18 amide bonds. The number of hydrogen-bond donors (Lipinski definition) is 7. The van der Waals surface area contributed by atoms with Gasteiger partial charge in [-0.1, -0.05) is 19.1 Å². The summed E-state index contributed by atoms with van der Waals surface area (Å²) in [5.74, 6) is -5.64. The number of imide groups is 7. The molecule has 336 valence electrons. The number of hydrogen-bond acceptors (Lipinski definition) is 14. The maximum atomic E-state index is 13.8. The summed E-state index contributed by atoms with van der Waals surface area (Å²) < 4.78 is 0. The summed E-state index contributed by atoms with van der Waals surface area (Å²) in [5, 5.41) is 39.9. The molecule has 0 aromatic heterocycles. The van der Waals surface area contributed by atoms with E-state index in [0.29, 0.717) is 29.4 Å². The van der Waals surface area contributed by atoms with E-state index in [1.807, 2.05) is 10.6 Å². The summed E-state index contributed by atoms with van der Waals surface area (Å²) in [6, 6.07) is -16.6. The SMILES string of the molecule is C/C=C/C[C@@H](C)[C@@H](O)[C@H]1C(=O)NC(=O)N(C)C(CO)C(=O)N(C)[C@@H](CC(C)(C)O)C(=O)NC(=O)N(C)C(=O)NC(=O)N[C@H](C)C(=O)N(C)C(=O)N(C)C(=O)N(C)C(=O)N1C. The predicted molar refractivity (Wildman–Crippen MR) is 208 cm³/mol. The Hall–Kier alpha value is -6.21. The molecule has 25 nitrogen and oxygen atoms in total.